The first-order valence-corrected chi connectivity index (χ1v) is 8.19. The molecule has 1 heteroatoms. The van der Waals surface area contributed by atoms with E-state index in [4.69, 9.17) is 0 Å². The summed E-state index contributed by atoms with van der Waals surface area (Å²) in [6.07, 6.45) is 17.9. The van der Waals surface area contributed by atoms with Crippen molar-refractivity contribution in [3.8, 4) is 0 Å². The van der Waals surface area contributed by atoms with Crippen molar-refractivity contribution in [1.29, 1.82) is 0 Å². The van der Waals surface area contributed by atoms with E-state index in [1.54, 1.807) is 0 Å². The first kappa shape index (κ1) is 12.0. The van der Waals surface area contributed by atoms with E-state index in [1.165, 1.54) is 77.0 Å². The van der Waals surface area contributed by atoms with Crippen LogP contribution in [-0.4, -0.2) is 12.1 Å². The highest BCUT2D eigenvalue weighted by molar-refractivity contribution is 4.90. The van der Waals surface area contributed by atoms with E-state index < -0.39 is 0 Å². The van der Waals surface area contributed by atoms with Crippen LogP contribution in [0.15, 0.2) is 0 Å². The molecule has 0 radical (unpaired) electrons. The summed E-state index contributed by atoms with van der Waals surface area (Å²) >= 11 is 0. The lowest BCUT2D eigenvalue weighted by Crippen LogP contribution is -2.49. The Labute approximate surface area is 107 Å². The van der Waals surface area contributed by atoms with Crippen molar-refractivity contribution in [3.63, 3.8) is 0 Å². The zero-order chi connectivity index (χ0) is 11.5. The van der Waals surface area contributed by atoms with Gasteiger partial charge in [-0.05, 0) is 37.5 Å². The summed E-state index contributed by atoms with van der Waals surface area (Å²) in [5.41, 5.74) is 0. The maximum atomic E-state index is 4.00. The minimum Gasteiger partial charge on any atom is -0.311 e. The first-order chi connectivity index (χ1) is 8.43. The van der Waals surface area contributed by atoms with Crippen molar-refractivity contribution >= 4 is 0 Å². The van der Waals surface area contributed by atoms with Gasteiger partial charge in [0.05, 0.1) is 0 Å². The van der Waals surface area contributed by atoms with Gasteiger partial charge in [0.25, 0.3) is 0 Å². The third-order valence-corrected chi connectivity index (χ3v) is 5.63. The van der Waals surface area contributed by atoms with E-state index in [2.05, 4.69) is 5.32 Å². The second-order valence-electron chi connectivity index (χ2n) is 6.75. The highest BCUT2D eigenvalue weighted by Gasteiger charge is 2.34. The van der Waals surface area contributed by atoms with Gasteiger partial charge in [-0.2, -0.15) is 0 Å². The molecule has 1 N–H and O–H groups in total. The smallest absolute Gasteiger partial charge is 0.0101 e. The molecule has 0 amide bonds. The lowest BCUT2D eigenvalue weighted by molar-refractivity contribution is 0.129. The van der Waals surface area contributed by atoms with Crippen LogP contribution in [0.3, 0.4) is 0 Å². The molecular formula is C16H29N. The second kappa shape index (κ2) is 5.73. The third kappa shape index (κ3) is 2.86. The molecule has 0 spiro atoms. The van der Waals surface area contributed by atoms with Crippen LogP contribution in [0, 0.1) is 11.8 Å². The van der Waals surface area contributed by atoms with Crippen molar-refractivity contribution in [2.24, 2.45) is 11.8 Å². The van der Waals surface area contributed by atoms with E-state index in [0.29, 0.717) is 0 Å². The molecule has 2 atom stereocenters. The number of rotatable bonds is 3. The molecular weight excluding hydrogens is 206 g/mol. The summed E-state index contributed by atoms with van der Waals surface area (Å²) in [5, 5.41) is 4.00. The van der Waals surface area contributed by atoms with Gasteiger partial charge in [0, 0.05) is 12.1 Å². The summed E-state index contributed by atoms with van der Waals surface area (Å²) < 4.78 is 0. The molecule has 3 rings (SSSR count). The molecule has 0 heterocycles. The van der Waals surface area contributed by atoms with Gasteiger partial charge in [0.2, 0.25) is 0 Å². The highest BCUT2D eigenvalue weighted by Crippen LogP contribution is 2.39. The zero-order valence-corrected chi connectivity index (χ0v) is 11.3. The molecule has 98 valence electrons. The van der Waals surface area contributed by atoms with E-state index in [9.17, 15) is 0 Å². The van der Waals surface area contributed by atoms with Crippen LogP contribution in [0.1, 0.15) is 77.0 Å². The molecule has 3 saturated carbocycles. The maximum absolute atomic E-state index is 4.00. The number of nitrogens with one attached hydrogen (secondary N) is 1. The summed E-state index contributed by atoms with van der Waals surface area (Å²) in [6.45, 7) is 0. The minimum atomic E-state index is 0.886. The van der Waals surface area contributed by atoms with Gasteiger partial charge in [0.1, 0.15) is 0 Å². The normalized spacial score (nSPS) is 36.7. The van der Waals surface area contributed by atoms with E-state index in [-0.39, 0.29) is 0 Å². The molecule has 0 bridgehead atoms. The van der Waals surface area contributed by atoms with Crippen LogP contribution in [0.4, 0.5) is 0 Å². The van der Waals surface area contributed by atoms with Gasteiger partial charge < -0.3 is 5.32 Å². The topological polar surface area (TPSA) is 12.0 Å². The Bertz CT molecular complexity index is 228. The SMILES string of the molecule is C1CCC(C2CCCCC2NC2CCC2)CC1. The van der Waals surface area contributed by atoms with Crippen LogP contribution in [0.5, 0.6) is 0 Å². The van der Waals surface area contributed by atoms with Crippen molar-refractivity contribution in [1.82, 2.24) is 5.32 Å². The fourth-order valence-electron chi connectivity index (χ4n) is 4.37. The fraction of sp³-hybridized carbons (Fsp3) is 1.00. The van der Waals surface area contributed by atoms with Crippen LogP contribution in [0.2, 0.25) is 0 Å². The molecule has 0 aromatic heterocycles. The average Bonchev–Trinajstić information content (AvgIpc) is 2.35. The van der Waals surface area contributed by atoms with Crippen LogP contribution in [-0.2, 0) is 0 Å². The molecule has 0 aromatic rings. The average molecular weight is 235 g/mol. The maximum Gasteiger partial charge on any atom is 0.0101 e. The summed E-state index contributed by atoms with van der Waals surface area (Å²) in [4.78, 5) is 0. The number of hydrogen-bond acceptors (Lipinski definition) is 1. The van der Waals surface area contributed by atoms with E-state index >= 15 is 0 Å². The lowest BCUT2D eigenvalue weighted by atomic mass is 9.70. The molecule has 3 fully saturated rings. The highest BCUT2D eigenvalue weighted by atomic mass is 15.0. The van der Waals surface area contributed by atoms with Gasteiger partial charge in [0.15, 0.2) is 0 Å². The standard InChI is InChI=1S/C16H29N/c1-2-7-13(8-3-1)15-11-4-5-12-16(15)17-14-9-6-10-14/h13-17H,1-12H2. The Morgan fingerprint density at radius 1 is 0.588 bits per heavy atom. The quantitative estimate of drug-likeness (QED) is 0.770. The molecule has 0 aromatic carbocycles. The largest absolute Gasteiger partial charge is 0.311 e. The number of hydrogen-bond donors (Lipinski definition) is 1. The Balaban J connectivity index is 1.57. The Morgan fingerprint density at radius 2 is 1.29 bits per heavy atom. The predicted molar refractivity (Wildman–Crippen MR) is 73.1 cm³/mol. The molecule has 3 aliphatic carbocycles. The Morgan fingerprint density at radius 3 is 2.00 bits per heavy atom. The van der Waals surface area contributed by atoms with E-state index in [1.807, 2.05) is 0 Å². The second-order valence-corrected chi connectivity index (χ2v) is 6.75. The van der Waals surface area contributed by atoms with E-state index in [0.717, 1.165) is 23.9 Å². The van der Waals surface area contributed by atoms with Crippen molar-refractivity contribution in [3.05, 3.63) is 0 Å². The lowest BCUT2D eigenvalue weighted by Gasteiger charge is -2.42. The molecule has 2 unspecified atom stereocenters. The molecule has 1 nitrogen and oxygen atoms in total. The van der Waals surface area contributed by atoms with Gasteiger partial charge in [-0.25, -0.2) is 0 Å². The minimum absolute atomic E-state index is 0.886. The summed E-state index contributed by atoms with van der Waals surface area (Å²) in [6, 6.07) is 1.78. The zero-order valence-electron chi connectivity index (χ0n) is 11.3. The predicted octanol–water partition coefficient (Wildman–Crippen LogP) is 4.27. The summed E-state index contributed by atoms with van der Waals surface area (Å²) in [7, 11) is 0. The molecule has 0 saturated heterocycles. The molecule has 0 aliphatic heterocycles. The van der Waals surface area contributed by atoms with Crippen LogP contribution >= 0.6 is 0 Å². The fourth-order valence-corrected chi connectivity index (χ4v) is 4.37. The first-order valence-electron chi connectivity index (χ1n) is 8.19. The van der Waals surface area contributed by atoms with Crippen LogP contribution in [0.25, 0.3) is 0 Å². The third-order valence-electron chi connectivity index (χ3n) is 5.63. The Kier molecular flexibility index (Phi) is 4.05. The molecule has 3 aliphatic rings. The monoisotopic (exact) mass is 235 g/mol. The van der Waals surface area contributed by atoms with Gasteiger partial charge in [-0.15, -0.1) is 0 Å². The van der Waals surface area contributed by atoms with Gasteiger partial charge in [-0.3, -0.25) is 0 Å². The van der Waals surface area contributed by atoms with Crippen molar-refractivity contribution in [2.45, 2.75) is 89.1 Å². The van der Waals surface area contributed by atoms with Crippen molar-refractivity contribution in [2.75, 3.05) is 0 Å². The Hall–Kier alpha value is -0.0400. The molecule has 17 heavy (non-hydrogen) atoms. The van der Waals surface area contributed by atoms with Gasteiger partial charge >= 0.3 is 0 Å². The summed E-state index contributed by atoms with van der Waals surface area (Å²) in [5.74, 6) is 2.10. The van der Waals surface area contributed by atoms with Crippen molar-refractivity contribution < 1.29 is 0 Å². The van der Waals surface area contributed by atoms with Gasteiger partial charge in [-0.1, -0.05) is 51.4 Å². The van der Waals surface area contributed by atoms with Crippen LogP contribution < -0.4 is 5.32 Å².